The van der Waals surface area contributed by atoms with Gasteiger partial charge in [-0.05, 0) is 48.8 Å². The first-order chi connectivity index (χ1) is 13.1. The zero-order chi connectivity index (χ0) is 19.6. The standard InChI is InChI=1S/C21H27N3O3/c1-3-19(17-9-8-15-6-4-5-7-16(15)12-17)24-21(26)18(13-22)14-23-11-10-20(25)27-2/h8-9,12,14,19,23H,3-7,10-11H2,1-2H3,(H,24,26)/b18-14-. The summed E-state index contributed by atoms with van der Waals surface area (Å²) in [6.45, 7) is 2.31. The fraction of sp³-hybridized carbons (Fsp3) is 0.476. The minimum atomic E-state index is -0.423. The van der Waals surface area contributed by atoms with Gasteiger partial charge in [-0.3, -0.25) is 9.59 Å². The largest absolute Gasteiger partial charge is 0.469 e. The van der Waals surface area contributed by atoms with E-state index in [1.54, 1.807) is 0 Å². The number of amides is 1. The highest BCUT2D eigenvalue weighted by Crippen LogP contribution is 2.26. The SMILES string of the molecule is CCC(NC(=O)/C(C#N)=C\NCCC(=O)OC)c1ccc2c(c1)CCCC2. The van der Waals surface area contributed by atoms with E-state index < -0.39 is 5.91 Å². The van der Waals surface area contributed by atoms with E-state index in [1.165, 1.54) is 37.3 Å². The number of carbonyl (C=O) groups excluding carboxylic acids is 2. The van der Waals surface area contributed by atoms with Crippen LogP contribution in [0.15, 0.2) is 30.0 Å². The van der Waals surface area contributed by atoms with Crippen molar-refractivity contribution in [1.82, 2.24) is 10.6 Å². The molecule has 0 heterocycles. The summed E-state index contributed by atoms with van der Waals surface area (Å²) in [6.07, 6.45) is 6.90. The molecule has 0 aromatic heterocycles. The van der Waals surface area contributed by atoms with E-state index in [4.69, 9.17) is 0 Å². The molecular weight excluding hydrogens is 342 g/mol. The van der Waals surface area contributed by atoms with Gasteiger partial charge in [0.25, 0.3) is 5.91 Å². The van der Waals surface area contributed by atoms with E-state index in [9.17, 15) is 14.9 Å². The van der Waals surface area contributed by atoms with Crippen LogP contribution >= 0.6 is 0 Å². The molecule has 1 atom stereocenters. The molecule has 0 bridgehead atoms. The Morgan fingerprint density at radius 3 is 2.70 bits per heavy atom. The van der Waals surface area contributed by atoms with Gasteiger partial charge in [-0.2, -0.15) is 5.26 Å². The van der Waals surface area contributed by atoms with Crippen LogP contribution in [0.25, 0.3) is 0 Å². The van der Waals surface area contributed by atoms with Crippen molar-refractivity contribution >= 4 is 11.9 Å². The third kappa shape index (κ3) is 5.85. The van der Waals surface area contributed by atoms with Crippen molar-refractivity contribution in [3.63, 3.8) is 0 Å². The summed E-state index contributed by atoms with van der Waals surface area (Å²) in [5.41, 5.74) is 3.82. The zero-order valence-corrected chi connectivity index (χ0v) is 16.0. The molecule has 0 spiro atoms. The van der Waals surface area contributed by atoms with Gasteiger partial charge in [0.05, 0.1) is 19.6 Å². The summed E-state index contributed by atoms with van der Waals surface area (Å²) in [5, 5.41) is 15.0. The molecule has 0 fully saturated rings. The minimum Gasteiger partial charge on any atom is -0.469 e. The summed E-state index contributed by atoms with van der Waals surface area (Å²) in [5.74, 6) is -0.773. The quantitative estimate of drug-likeness (QED) is 0.318. The number of hydrogen-bond acceptors (Lipinski definition) is 5. The van der Waals surface area contributed by atoms with Gasteiger partial charge in [-0.25, -0.2) is 0 Å². The van der Waals surface area contributed by atoms with Gasteiger partial charge >= 0.3 is 5.97 Å². The van der Waals surface area contributed by atoms with E-state index in [1.807, 2.05) is 13.0 Å². The van der Waals surface area contributed by atoms with Crippen molar-refractivity contribution in [1.29, 1.82) is 5.26 Å². The van der Waals surface area contributed by atoms with Crippen molar-refractivity contribution < 1.29 is 14.3 Å². The third-order valence-corrected chi connectivity index (χ3v) is 4.80. The van der Waals surface area contributed by atoms with Gasteiger partial charge in [-0.1, -0.05) is 25.1 Å². The van der Waals surface area contributed by atoms with Crippen molar-refractivity contribution in [2.24, 2.45) is 0 Å². The third-order valence-electron chi connectivity index (χ3n) is 4.80. The van der Waals surface area contributed by atoms with Crippen LogP contribution in [-0.2, 0) is 27.2 Å². The Labute approximate surface area is 160 Å². The lowest BCUT2D eigenvalue weighted by Crippen LogP contribution is -2.30. The molecule has 1 aromatic rings. The second-order valence-electron chi connectivity index (χ2n) is 6.62. The van der Waals surface area contributed by atoms with Gasteiger partial charge in [0, 0.05) is 12.7 Å². The molecule has 144 valence electrons. The van der Waals surface area contributed by atoms with E-state index in [-0.39, 0.29) is 24.0 Å². The summed E-state index contributed by atoms with van der Waals surface area (Å²) >= 11 is 0. The fourth-order valence-electron chi connectivity index (χ4n) is 3.23. The predicted molar refractivity (Wildman–Crippen MR) is 103 cm³/mol. The molecule has 0 radical (unpaired) electrons. The van der Waals surface area contributed by atoms with Gasteiger partial charge < -0.3 is 15.4 Å². The maximum atomic E-state index is 12.5. The molecule has 2 rings (SSSR count). The lowest BCUT2D eigenvalue weighted by atomic mass is 9.88. The summed E-state index contributed by atoms with van der Waals surface area (Å²) in [7, 11) is 1.32. The first-order valence-corrected chi connectivity index (χ1v) is 9.42. The summed E-state index contributed by atoms with van der Waals surface area (Å²) in [6, 6.07) is 8.18. The highest BCUT2D eigenvalue weighted by Gasteiger charge is 2.18. The number of esters is 1. The molecule has 6 nitrogen and oxygen atoms in total. The van der Waals surface area contributed by atoms with Crippen LogP contribution < -0.4 is 10.6 Å². The van der Waals surface area contributed by atoms with Gasteiger partial charge in [-0.15, -0.1) is 0 Å². The fourth-order valence-corrected chi connectivity index (χ4v) is 3.23. The number of ether oxygens (including phenoxy) is 1. The molecule has 27 heavy (non-hydrogen) atoms. The van der Waals surface area contributed by atoms with Crippen LogP contribution in [0, 0.1) is 11.3 Å². The van der Waals surface area contributed by atoms with E-state index in [2.05, 4.69) is 33.6 Å². The second kappa shape index (κ2) is 10.4. The van der Waals surface area contributed by atoms with E-state index in [0.717, 1.165) is 24.8 Å². The Kier molecular flexibility index (Phi) is 7.87. The van der Waals surface area contributed by atoms with Crippen LogP contribution in [0.1, 0.15) is 55.3 Å². The topological polar surface area (TPSA) is 91.2 Å². The molecule has 0 saturated heterocycles. The lowest BCUT2D eigenvalue weighted by molar-refractivity contribution is -0.140. The van der Waals surface area contributed by atoms with Crippen molar-refractivity contribution in [2.75, 3.05) is 13.7 Å². The van der Waals surface area contributed by atoms with Gasteiger partial charge in [0.15, 0.2) is 0 Å². The predicted octanol–water partition coefficient (Wildman–Crippen LogP) is 2.69. The van der Waals surface area contributed by atoms with E-state index in [0.29, 0.717) is 6.54 Å². The lowest BCUT2D eigenvalue weighted by Gasteiger charge is -2.21. The summed E-state index contributed by atoms with van der Waals surface area (Å²) < 4.78 is 4.54. The average molecular weight is 369 g/mol. The molecule has 6 heteroatoms. The molecule has 1 aromatic carbocycles. The van der Waals surface area contributed by atoms with E-state index >= 15 is 0 Å². The first kappa shape index (κ1) is 20.5. The molecule has 1 aliphatic carbocycles. The van der Waals surface area contributed by atoms with Crippen LogP contribution in [0.3, 0.4) is 0 Å². The maximum Gasteiger partial charge on any atom is 0.307 e. The Hall–Kier alpha value is -2.81. The number of fused-ring (bicyclic) bond motifs is 1. The number of hydrogen-bond donors (Lipinski definition) is 2. The molecule has 2 N–H and O–H groups in total. The number of nitriles is 1. The van der Waals surface area contributed by atoms with Crippen LogP contribution in [-0.4, -0.2) is 25.5 Å². The number of nitrogens with one attached hydrogen (secondary N) is 2. The van der Waals surface area contributed by atoms with Crippen molar-refractivity contribution in [3.05, 3.63) is 46.7 Å². The highest BCUT2D eigenvalue weighted by molar-refractivity contribution is 5.97. The summed E-state index contributed by atoms with van der Waals surface area (Å²) in [4.78, 5) is 23.5. The van der Waals surface area contributed by atoms with Crippen LogP contribution in [0.2, 0.25) is 0 Å². The first-order valence-electron chi connectivity index (χ1n) is 9.42. The molecule has 1 amide bonds. The maximum absolute atomic E-state index is 12.5. The van der Waals surface area contributed by atoms with Crippen molar-refractivity contribution in [2.45, 2.75) is 51.5 Å². The Morgan fingerprint density at radius 2 is 2.04 bits per heavy atom. The monoisotopic (exact) mass is 369 g/mol. The Bertz CT molecular complexity index is 750. The minimum absolute atomic E-state index is 0.0173. The van der Waals surface area contributed by atoms with Crippen molar-refractivity contribution in [3.8, 4) is 6.07 Å². The zero-order valence-electron chi connectivity index (χ0n) is 16.0. The molecule has 1 aliphatic rings. The number of methoxy groups -OCH3 is 1. The number of benzene rings is 1. The average Bonchev–Trinajstić information content (AvgIpc) is 2.71. The molecule has 0 saturated carbocycles. The number of rotatable bonds is 8. The van der Waals surface area contributed by atoms with Crippen LogP contribution in [0.4, 0.5) is 0 Å². The normalized spacial score (nSPS) is 14.5. The second-order valence-corrected chi connectivity index (χ2v) is 6.62. The van der Waals surface area contributed by atoms with Gasteiger partial charge in [0.2, 0.25) is 0 Å². The Balaban J connectivity index is 2.00. The number of aryl methyl sites for hydroxylation is 2. The molecule has 1 unspecified atom stereocenters. The number of nitrogens with zero attached hydrogens (tertiary/aromatic N) is 1. The number of carbonyl (C=O) groups is 2. The van der Waals surface area contributed by atoms with Crippen LogP contribution in [0.5, 0.6) is 0 Å². The van der Waals surface area contributed by atoms with Gasteiger partial charge in [0.1, 0.15) is 11.6 Å². The smallest absolute Gasteiger partial charge is 0.307 e. The highest BCUT2D eigenvalue weighted by atomic mass is 16.5. The Morgan fingerprint density at radius 1 is 1.30 bits per heavy atom. The molecular formula is C21H27N3O3. The molecule has 0 aliphatic heterocycles.